The third kappa shape index (κ3) is 4.63. The molecule has 1 rings (SSSR count). The lowest BCUT2D eigenvalue weighted by atomic mass is 9.92. The van der Waals surface area contributed by atoms with Crippen LogP contribution in [0.4, 0.5) is 13.2 Å². The van der Waals surface area contributed by atoms with Crippen molar-refractivity contribution in [3.8, 4) is 0 Å². The largest absolute Gasteiger partial charge is 0.405 e. The van der Waals surface area contributed by atoms with E-state index in [0.29, 0.717) is 18.1 Å². The fourth-order valence-corrected chi connectivity index (χ4v) is 1.73. The summed E-state index contributed by atoms with van der Waals surface area (Å²) in [6.07, 6.45) is -1.04. The van der Waals surface area contributed by atoms with Crippen molar-refractivity contribution in [1.29, 1.82) is 0 Å². The Morgan fingerprint density at radius 1 is 1.20 bits per heavy atom. The second kappa shape index (κ2) is 5.95. The van der Waals surface area contributed by atoms with Crippen LogP contribution in [0.1, 0.15) is 20.8 Å². The maximum atomic E-state index is 12.7. The molecule has 0 aliphatic carbocycles. The average molecular weight is 292 g/mol. The van der Waals surface area contributed by atoms with Crippen LogP contribution >= 0.6 is 0 Å². The molecular formula is C13H23F3N4. The van der Waals surface area contributed by atoms with Gasteiger partial charge in [-0.1, -0.05) is 20.8 Å². The minimum Gasteiger partial charge on any atom is -0.402 e. The number of hydrogen-bond donors (Lipinski definition) is 3. The first kappa shape index (κ1) is 16.7. The molecule has 0 aromatic carbocycles. The molecule has 0 aromatic heterocycles. The average Bonchev–Trinajstić information content (AvgIpc) is 2.33. The van der Waals surface area contributed by atoms with E-state index in [-0.39, 0.29) is 18.5 Å². The van der Waals surface area contributed by atoms with E-state index >= 15 is 0 Å². The SMILES string of the molecule is CC(C)(C)/C(N)=C/C=C(\N)N1CCNC(C(F)(F)F)C1. The van der Waals surface area contributed by atoms with Gasteiger partial charge >= 0.3 is 6.18 Å². The molecule has 1 aliphatic rings. The van der Waals surface area contributed by atoms with E-state index in [1.165, 1.54) is 4.90 Å². The van der Waals surface area contributed by atoms with Crippen LogP contribution in [0.5, 0.6) is 0 Å². The molecule has 0 spiro atoms. The number of allylic oxidation sites excluding steroid dienone is 3. The topological polar surface area (TPSA) is 67.3 Å². The summed E-state index contributed by atoms with van der Waals surface area (Å²) in [4.78, 5) is 1.51. The summed E-state index contributed by atoms with van der Waals surface area (Å²) < 4.78 is 38.0. The summed E-state index contributed by atoms with van der Waals surface area (Å²) in [5, 5.41) is 2.44. The van der Waals surface area contributed by atoms with Gasteiger partial charge in [0, 0.05) is 30.7 Å². The highest BCUT2D eigenvalue weighted by Gasteiger charge is 2.42. The van der Waals surface area contributed by atoms with Crippen molar-refractivity contribution in [2.45, 2.75) is 33.0 Å². The van der Waals surface area contributed by atoms with E-state index in [9.17, 15) is 13.2 Å². The van der Waals surface area contributed by atoms with Crippen LogP contribution in [0.2, 0.25) is 0 Å². The lowest BCUT2D eigenvalue weighted by Crippen LogP contribution is -2.57. The zero-order chi connectivity index (χ0) is 15.6. The highest BCUT2D eigenvalue weighted by Crippen LogP contribution is 2.23. The van der Waals surface area contributed by atoms with Gasteiger partial charge in [0.05, 0.1) is 5.82 Å². The Labute approximate surface area is 117 Å². The van der Waals surface area contributed by atoms with Gasteiger partial charge in [-0.25, -0.2) is 0 Å². The highest BCUT2D eigenvalue weighted by molar-refractivity contribution is 5.18. The second-order valence-corrected chi connectivity index (χ2v) is 5.96. The first-order valence-electron chi connectivity index (χ1n) is 6.50. The third-order valence-electron chi connectivity index (χ3n) is 3.24. The Kier molecular flexibility index (Phi) is 4.96. The third-order valence-corrected chi connectivity index (χ3v) is 3.24. The van der Waals surface area contributed by atoms with Crippen LogP contribution in [0.25, 0.3) is 0 Å². The number of nitrogens with two attached hydrogens (primary N) is 2. The molecule has 1 atom stereocenters. The van der Waals surface area contributed by atoms with Gasteiger partial charge < -0.3 is 21.7 Å². The lowest BCUT2D eigenvalue weighted by Gasteiger charge is -2.36. The van der Waals surface area contributed by atoms with Crippen LogP contribution in [0, 0.1) is 5.41 Å². The Balaban J connectivity index is 2.75. The van der Waals surface area contributed by atoms with E-state index in [1.807, 2.05) is 20.8 Å². The van der Waals surface area contributed by atoms with E-state index in [1.54, 1.807) is 12.2 Å². The molecule has 7 heteroatoms. The number of piperazine rings is 1. The summed E-state index contributed by atoms with van der Waals surface area (Å²) >= 11 is 0. The fraction of sp³-hybridized carbons (Fsp3) is 0.692. The molecule has 0 aromatic rings. The zero-order valence-electron chi connectivity index (χ0n) is 12.1. The number of nitrogens with zero attached hydrogens (tertiary/aromatic N) is 1. The van der Waals surface area contributed by atoms with Crippen molar-refractivity contribution >= 4 is 0 Å². The van der Waals surface area contributed by atoms with Gasteiger partial charge in [0.1, 0.15) is 6.04 Å². The van der Waals surface area contributed by atoms with Crippen molar-refractivity contribution in [2.24, 2.45) is 16.9 Å². The van der Waals surface area contributed by atoms with E-state index in [4.69, 9.17) is 11.5 Å². The van der Waals surface area contributed by atoms with Gasteiger partial charge in [-0.2, -0.15) is 13.2 Å². The molecule has 0 saturated carbocycles. The smallest absolute Gasteiger partial charge is 0.402 e. The molecule has 0 radical (unpaired) electrons. The minimum atomic E-state index is -4.26. The molecule has 1 fully saturated rings. The monoisotopic (exact) mass is 292 g/mol. The maximum absolute atomic E-state index is 12.7. The molecular weight excluding hydrogens is 269 g/mol. The van der Waals surface area contributed by atoms with Gasteiger partial charge in [0.25, 0.3) is 0 Å². The predicted molar refractivity (Wildman–Crippen MR) is 73.4 cm³/mol. The van der Waals surface area contributed by atoms with Crippen LogP contribution in [0.3, 0.4) is 0 Å². The number of rotatable bonds is 2. The van der Waals surface area contributed by atoms with E-state index in [2.05, 4.69) is 5.32 Å². The number of nitrogens with one attached hydrogen (secondary N) is 1. The number of halogens is 3. The minimum absolute atomic E-state index is 0.185. The molecule has 0 bridgehead atoms. The summed E-state index contributed by atoms with van der Waals surface area (Å²) in [5.41, 5.74) is 12.1. The van der Waals surface area contributed by atoms with Crippen molar-refractivity contribution in [3.05, 3.63) is 23.7 Å². The number of alkyl halides is 3. The molecule has 116 valence electrons. The summed E-state index contributed by atoms with van der Waals surface area (Å²) in [6.45, 7) is 6.36. The first-order valence-corrected chi connectivity index (χ1v) is 6.50. The first-order chi connectivity index (χ1) is 9.01. The van der Waals surface area contributed by atoms with Crippen molar-refractivity contribution in [1.82, 2.24) is 10.2 Å². The molecule has 5 N–H and O–H groups in total. The molecule has 20 heavy (non-hydrogen) atoms. The van der Waals surface area contributed by atoms with Crippen LogP contribution in [0.15, 0.2) is 23.7 Å². The standard InChI is InChI=1S/C13H23F3N4/c1-12(2,3)9(17)4-5-11(18)20-7-6-19-10(8-20)13(14,15)16/h4-5,10,19H,6-8,17-18H2,1-3H3/b9-4-,11-5+. The lowest BCUT2D eigenvalue weighted by molar-refractivity contribution is -0.163. The molecule has 1 unspecified atom stereocenters. The molecule has 1 aliphatic heterocycles. The van der Waals surface area contributed by atoms with Gasteiger partial charge in [-0.15, -0.1) is 0 Å². The van der Waals surface area contributed by atoms with E-state index in [0.717, 1.165) is 0 Å². The Morgan fingerprint density at radius 3 is 2.30 bits per heavy atom. The number of hydrogen-bond acceptors (Lipinski definition) is 4. The second-order valence-electron chi connectivity index (χ2n) is 5.96. The van der Waals surface area contributed by atoms with Gasteiger partial charge in [-0.3, -0.25) is 0 Å². The highest BCUT2D eigenvalue weighted by atomic mass is 19.4. The van der Waals surface area contributed by atoms with Gasteiger partial charge in [-0.05, 0) is 12.2 Å². The normalized spacial score (nSPS) is 23.1. The van der Waals surface area contributed by atoms with Crippen LogP contribution < -0.4 is 16.8 Å². The van der Waals surface area contributed by atoms with E-state index < -0.39 is 12.2 Å². The predicted octanol–water partition coefficient (Wildman–Crippen LogP) is 1.51. The molecule has 0 amide bonds. The van der Waals surface area contributed by atoms with Crippen molar-refractivity contribution in [3.63, 3.8) is 0 Å². The summed E-state index contributed by atoms with van der Waals surface area (Å²) in [5.74, 6) is 0.299. The molecule has 1 saturated heterocycles. The Morgan fingerprint density at radius 2 is 1.80 bits per heavy atom. The summed E-state index contributed by atoms with van der Waals surface area (Å²) in [6, 6.07) is -1.55. The van der Waals surface area contributed by atoms with Crippen molar-refractivity contribution < 1.29 is 13.2 Å². The molecule has 4 nitrogen and oxygen atoms in total. The van der Waals surface area contributed by atoms with Gasteiger partial charge in [0.15, 0.2) is 0 Å². The Bertz CT molecular complexity index is 393. The van der Waals surface area contributed by atoms with Gasteiger partial charge in [0.2, 0.25) is 0 Å². The van der Waals surface area contributed by atoms with Crippen LogP contribution in [-0.4, -0.2) is 36.8 Å². The van der Waals surface area contributed by atoms with Crippen molar-refractivity contribution in [2.75, 3.05) is 19.6 Å². The zero-order valence-corrected chi connectivity index (χ0v) is 12.1. The Hall–Kier alpha value is -1.37. The molecule has 1 heterocycles. The van der Waals surface area contributed by atoms with Crippen LogP contribution in [-0.2, 0) is 0 Å². The maximum Gasteiger partial charge on any atom is 0.405 e. The fourth-order valence-electron chi connectivity index (χ4n) is 1.73. The summed E-state index contributed by atoms with van der Waals surface area (Å²) in [7, 11) is 0. The quantitative estimate of drug-likeness (QED) is 0.675.